The molecule has 3 N–H and O–H groups in total. The lowest BCUT2D eigenvalue weighted by Crippen LogP contribution is -2.62. The first-order valence-electron chi connectivity index (χ1n) is 6.54. The van der Waals surface area contributed by atoms with E-state index in [1.54, 1.807) is 18.2 Å². The van der Waals surface area contributed by atoms with Gasteiger partial charge in [-0.3, -0.25) is 4.79 Å². The van der Waals surface area contributed by atoms with Crippen LogP contribution < -0.4 is 9.47 Å². The van der Waals surface area contributed by atoms with Gasteiger partial charge in [0.15, 0.2) is 0 Å². The van der Waals surface area contributed by atoms with Crippen LogP contribution in [0.1, 0.15) is 15.9 Å². The molecule has 2 aromatic rings. The lowest BCUT2D eigenvalue weighted by Gasteiger charge is -2.42. The Balaban J connectivity index is 2.19. The van der Waals surface area contributed by atoms with Gasteiger partial charge in [-0.05, 0) is 12.1 Å². The molecule has 1 aliphatic heterocycles. The summed E-state index contributed by atoms with van der Waals surface area (Å²) in [6.45, 7) is 0. The minimum absolute atomic E-state index is 0.00873. The van der Waals surface area contributed by atoms with Crippen molar-refractivity contribution in [3.8, 4) is 11.5 Å². The van der Waals surface area contributed by atoms with E-state index in [2.05, 4.69) is 0 Å². The van der Waals surface area contributed by atoms with Gasteiger partial charge in [-0.2, -0.15) is 0 Å². The fourth-order valence-corrected chi connectivity index (χ4v) is 2.40. The molecule has 0 spiro atoms. The van der Waals surface area contributed by atoms with Crippen LogP contribution in [-0.2, 0) is 5.79 Å². The van der Waals surface area contributed by atoms with Gasteiger partial charge in [-0.25, -0.2) is 0 Å². The van der Waals surface area contributed by atoms with Crippen molar-refractivity contribution >= 4 is 5.78 Å². The number of hydrogen-bond donors (Lipinski definition) is 3. The van der Waals surface area contributed by atoms with Crippen molar-refractivity contribution in [2.75, 3.05) is 7.11 Å². The van der Waals surface area contributed by atoms with E-state index in [4.69, 9.17) is 9.47 Å². The summed E-state index contributed by atoms with van der Waals surface area (Å²) >= 11 is 0. The van der Waals surface area contributed by atoms with Crippen LogP contribution in [-0.4, -0.2) is 34.0 Å². The van der Waals surface area contributed by atoms with Gasteiger partial charge in [0.05, 0.1) is 12.7 Å². The summed E-state index contributed by atoms with van der Waals surface area (Å²) in [5, 5.41) is 31.0. The molecule has 1 unspecified atom stereocenters. The first kappa shape index (κ1) is 14.5. The van der Waals surface area contributed by atoms with Crippen LogP contribution in [0.3, 0.4) is 0 Å². The zero-order valence-electron chi connectivity index (χ0n) is 11.7. The second-order valence-electron chi connectivity index (χ2n) is 4.98. The van der Waals surface area contributed by atoms with Gasteiger partial charge in [0.1, 0.15) is 11.5 Å². The SMILES string of the molecule is COc1ccc2c(c1)OC(O)(c1ccccc1)C(O)(O)C2=O. The number of benzene rings is 2. The number of methoxy groups -OCH3 is 1. The van der Waals surface area contributed by atoms with Crippen LogP contribution in [0, 0.1) is 0 Å². The molecule has 0 aromatic heterocycles. The van der Waals surface area contributed by atoms with E-state index in [0.717, 1.165) is 0 Å². The second-order valence-corrected chi connectivity index (χ2v) is 4.98. The zero-order valence-corrected chi connectivity index (χ0v) is 11.7. The van der Waals surface area contributed by atoms with E-state index in [9.17, 15) is 20.1 Å². The van der Waals surface area contributed by atoms with Crippen LogP contribution in [0.15, 0.2) is 48.5 Å². The molecule has 1 aliphatic rings. The van der Waals surface area contributed by atoms with Gasteiger partial charge >= 0.3 is 5.79 Å². The van der Waals surface area contributed by atoms with E-state index in [1.807, 2.05) is 0 Å². The Hall–Kier alpha value is -2.41. The summed E-state index contributed by atoms with van der Waals surface area (Å²) in [6, 6.07) is 11.9. The molecule has 0 saturated carbocycles. The molecule has 0 amide bonds. The Bertz CT molecular complexity index is 725. The summed E-state index contributed by atoms with van der Waals surface area (Å²) in [6.07, 6.45) is 0. The number of ether oxygens (including phenoxy) is 2. The highest BCUT2D eigenvalue weighted by molar-refractivity contribution is 6.05. The number of ketones is 1. The molecule has 6 heteroatoms. The van der Waals surface area contributed by atoms with Gasteiger partial charge in [0.25, 0.3) is 5.79 Å². The van der Waals surface area contributed by atoms with Crippen molar-refractivity contribution in [2.45, 2.75) is 11.6 Å². The van der Waals surface area contributed by atoms with E-state index in [1.165, 1.54) is 37.4 Å². The lowest BCUT2D eigenvalue weighted by atomic mass is 9.87. The van der Waals surface area contributed by atoms with Crippen LogP contribution in [0.2, 0.25) is 0 Å². The number of rotatable bonds is 2. The average Bonchev–Trinajstić information content (AvgIpc) is 2.53. The molecular weight excluding hydrogens is 288 g/mol. The van der Waals surface area contributed by atoms with Gasteiger partial charge in [-0.15, -0.1) is 0 Å². The van der Waals surface area contributed by atoms with Crippen LogP contribution in [0.4, 0.5) is 0 Å². The maximum absolute atomic E-state index is 12.3. The Labute approximate surface area is 126 Å². The fourth-order valence-electron chi connectivity index (χ4n) is 2.40. The summed E-state index contributed by atoms with van der Waals surface area (Å²) < 4.78 is 10.4. The van der Waals surface area contributed by atoms with Crippen molar-refractivity contribution < 1.29 is 29.6 Å². The predicted octanol–water partition coefficient (Wildman–Crippen LogP) is 0.796. The van der Waals surface area contributed by atoms with E-state index >= 15 is 0 Å². The van der Waals surface area contributed by atoms with Gasteiger partial charge in [-0.1, -0.05) is 30.3 Å². The molecule has 6 nitrogen and oxygen atoms in total. The normalized spacial score (nSPS) is 22.6. The van der Waals surface area contributed by atoms with Crippen molar-refractivity contribution in [1.29, 1.82) is 0 Å². The van der Waals surface area contributed by atoms with Gasteiger partial charge in [0.2, 0.25) is 5.78 Å². The molecule has 0 saturated heterocycles. The minimum atomic E-state index is -3.12. The smallest absolute Gasteiger partial charge is 0.301 e. The molecule has 0 bridgehead atoms. The van der Waals surface area contributed by atoms with E-state index in [-0.39, 0.29) is 16.9 Å². The molecule has 1 heterocycles. The zero-order chi connectivity index (χ0) is 16.0. The standard InChI is InChI=1S/C16H14O6/c1-21-11-7-8-12-13(9-11)22-16(20,15(18,19)14(12)17)10-5-3-2-4-6-10/h2-9,18-20H,1H3. The molecule has 2 aromatic carbocycles. The molecule has 0 radical (unpaired) electrons. The van der Waals surface area contributed by atoms with Crippen molar-refractivity contribution in [1.82, 2.24) is 0 Å². The van der Waals surface area contributed by atoms with Crippen molar-refractivity contribution in [2.24, 2.45) is 0 Å². The summed E-state index contributed by atoms with van der Waals surface area (Å²) in [5.41, 5.74) is -0.00627. The number of carbonyl (C=O) groups excluding carboxylic acids is 1. The Kier molecular flexibility index (Phi) is 3.17. The van der Waals surface area contributed by atoms with Gasteiger partial charge in [0, 0.05) is 11.6 Å². The molecular formula is C16H14O6. The van der Waals surface area contributed by atoms with Crippen molar-refractivity contribution in [3.63, 3.8) is 0 Å². The Morgan fingerprint density at radius 2 is 1.73 bits per heavy atom. The van der Waals surface area contributed by atoms with Gasteiger partial charge < -0.3 is 24.8 Å². The number of aliphatic hydroxyl groups is 3. The van der Waals surface area contributed by atoms with Crippen LogP contribution >= 0.6 is 0 Å². The maximum Gasteiger partial charge on any atom is 0.301 e. The first-order valence-corrected chi connectivity index (χ1v) is 6.54. The fraction of sp³-hybridized carbons (Fsp3) is 0.188. The molecule has 114 valence electrons. The number of hydrogen-bond acceptors (Lipinski definition) is 6. The average molecular weight is 302 g/mol. The first-order chi connectivity index (χ1) is 10.4. The van der Waals surface area contributed by atoms with E-state index in [0.29, 0.717) is 5.75 Å². The third kappa shape index (κ3) is 1.89. The molecule has 22 heavy (non-hydrogen) atoms. The van der Waals surface area contributed by atoms with Crippen LogP contribution in [0.25, 0.3) is 0 Å². The summed E-state index contributed by atoms with van der Waals surface area (Å²) in [4.78, 5) is 12.3. The predicted molar refractivity (Wildman–Crippen MR) is 75.5 cm³/mol. The third-order valence-electron chi connectivity index (χ3n) is 3.65. The highest BCUT2D eigenvalue weighted by Crippen LogP contribution is 2.43. The van der Waals surface area contributed by atoms with E-state index < -0.39 is 17.4 Å². The minimum Gasteiger partial charge on any atom is -0.497 e. The molecule has 1 atom stereocenters. The second kappa shape index (κ2) is 4.81. The number of Topliss-reactive ketones (excluding diaryl/α,β-unsaturated/α-hetero) is 1. The number of carbonyl (C=O) groups is 1. The maximum atomic E-state index is 12.3. The summed E-state index contributed by atoms with van der Waals surface area (Å²) in [5.74, 6) is -6.37. The third-order valence-corrected chi connectivity index (χ3v) is 3.65. The quantitative estimate of drug-likeness (QED) is 0.710. The lowest BCUT2D eigenvalue weighted by molar-refractivity contribution is -0.328. The largest absolute Gasteiger partial charge is 0.497 e. The summed E-state index contributed by atoms with van der Waals surface area (Å²) in [7, 11) is 1.44. The highest BCUT2D eigenvalue weighted by atomic mass is 16.7. The van der Waals surface area contributed by atoms with Crippen molar-refractivity contribution in [3.05, 3.63) is 59.7 Å². The Morgan fingerprint density at radius 1 is 1.05 bits per heavy atom. The molecule has 0 fully saturated rings. The molecule has 0 aliphatic carbocycles. The highest BCUT2D eigenvalue weighted by Gasteiger charge is 2.61. The Morgan fingerprint density at radius 3 is 2.36 bits per heavy atom. The monoisotopic (exact) mass is 302 g/mol. The number of fused-ring (bicyclic) bond motifs is 1. The molecule has 3 rings (SSSR count). The van der Waals surface area contributed by atoms with Crippen LogP contribution in [0.5, 0.6) is 11.5 Å². The topological polar surface area (TPSA) is 96.2 Å².